The van der Waals surface area contributed by atoms with Gasteiger partial charge in [-0.25, -0.2) is 0 Å². The smallest absolute Gasteiger partial charge is 0.254 e. The largest absolute Gasteiger partial charge is 0.378 e. The zero-order valence-corrected chi connectivity index (χ0v) is 18.3. The lowest BCUT2D eigenvalue weighted by Crippen LogP contribution is -2.47. The number of para-hydroxylation sites is 1. The molecule has 1 aliphatic rings. The minimum Gasteiger partial charge on any atom is -0.378 e. The van der Waals surface area contributed by atoms with E-state index in [1.807, 2.05) is 61.9 Å². The summed E-state index contributed by atoms with van der Waals surface area (Å²) in [5.41, 5.74) is 3.69. The molecule has 2 aromatic carbocycles. The average molecular weight is 432 g/mol. The molecule has 1 aliphatic heterocycles. The molecule has 3 atom stereocenters. The van der Waals surface area contributed by atoms with Crippen molar-refractivity contribution in [2.24, 2.45) is 7.05 Å². The van der Waals surface area contributed by atoms with Crippen molar-refractivity contribution in [1.29, 1.82) is 0 Å². The van der Waals surface area contributed by atoms with E-state index in [0.29, 0.717) is 12.1 Å². The molecule has 0 aliphatic carbocycles. The van der Waals surface area contributed by atoms with E-state index in [1.54, 1.807) is 16.2 Å². The summed E-state index contributed by atoms with van der Waals surface area (Å²) < 4.78 is 2.09. The van der Waals surface area contributed by atoms with Crippen LogP contribution >= 0.6 is 11.3 Å². The number of hydrogen-bond acceptors (Lipinski definition) is 4. The number of aromatic nitrogens is 1. The predicted molar refractivity (Wildman–Crippen MR) is 124 cm³/mol. The van der Waals surface area contributed by atoms with E-state index in [0.717, 1.165) is 26.9 Å². The summed E-state index contributed by atoms with van der Waals surface area (Å²) in [4.78, 5) is 16.2. The molecule has 1 amide bonds. The highest BCUT2D eigenvalue weighted by atomic mass is 32.1. The molecule has 0 saturated carbocycles. The van der Waals surface area contributed by atoms with Crippen molar-refractivity contribution in [3.05, 3.63) is 93.8 Å². The normalized spacial score (nSPS) is 19.6. The van der Waals surface area contributed by atoms with Crippen molar-refractivity contribution in [1.82, 2.24) is 14.8 Å². The molecule has 158 valence electrons. The Morgan fingerprint density at radius 1 is 1.03 bits per heavy atom. The third kappa shape index (κ3) is 3.37. The first kappa shape index (κ1) is 20.0. The van der Waals surface area contributed by atoms with Crippen molar-refractivity contribution >= 4 is 28.1 Å². The molecule has 31 heavy (non-hydrogen) atoms. The Kier molecular flexibility index (Phi) is 5.14. The first-order valence-electron chi connectivity index (χ1n) is 10.4. The van der Waals surface area contributed by atoms with Crippen LogP contribution in [0.1, 0.15) is 38.3 Å². The van der Waals surface area contributed by atoms with E-state index < -0.39 is 6.23 Å². The lowest BCUT2D eigenvalue weighted by molar-refractivity contribution is 0.0402. The van der Waals surface area contributed by atoms with E-state index in [9.17, 15) is 9.90 Å². The number of likely N-dealkylation sites (N-methyl/N-ethyl adjacent to an activating group) is 1. The average Bonchev–Trinajstić information content (AvgIpc) is 3.43. The zero-order valence-electron chi connectivity index (χ0n) is 17.5. The maximum Gasteiger partial charge on any atom is 0.254 e. The number of nitrogens with one attached hydrogen (secondary N) is 1. The van der Waals surface area contributed by atoms with Gasteiger partial charge >= 0.3 is 0 Å². The van der Waals surface area contributed by atoms with Crippen LogP contribution in [0.2, 0.25) is 0 Å². The van der Waals surface area contributed by atoms with Gasteiger partial charge in [0.05, 0.1) is 6.04 Å². The van der Waals surface area contributed by atoms with Gasteiger partial charge in [0, 0.05) is 59.7 Å². The molecule has 0 bridgehead atoms. The number of thiophene rings is 1. The molecule has 0 radical (unpaired) electrons. The molecule has 0 spiro atoms. The standard InChI is InChI=1S/C25H25N3O2S/c1-27-15-20(17-9-5-6-12-21(17)27)23-22(24(29)26-14-16-8-7-13-31-16)18-10-3-4-11-19(18)25(30)28(23)2/h3-13,15,22-24,26,29H,14H2,1-2H3. The predicted octanol–water partition coefficient (Wildman–Crippen LogP) is 4.26. The lowest BCUT2D eigenvalue weighted by Gasteiger charge is -2.42. The minimum absolute atomic E-state index is 0.0183. The molecule has 4 aromatic rings. The summed E-state index contributed by atoms with van der Waals surface area (Å²) in [7, 11) is 3.86. The molecule has 0 fully saturated rings. The van der Waals surface area contributed by atoms with Crippen LogP contribution in [0.4, 0.5) is 0 Å². The molecular formula is C25H25N3O2S. The van der Waals surface area contributed by atoms with Crippen LogP contribution in [0.15, 0.2) is 72.2 Å². The SMILES string of the molecule is CN1C(=O)c2ccccc2C(C(O)NCc2cccs2)C1c1cn(C)c2ccccc12. The van der Waals surface area contributed by atoms with Gasteiger partial charge in [-0.1, -0.05) is 42.5 Å². The number of rotatable bonds is 5. The second-order valence-electron chi connectivity index (χ2n) is 8.09. The topological polar surface area (TPSA) is 57.5 Å². The second kappa shape index (κ2) is 7.96. The molecule has 5 nitrogen and oxygen atoms in total. The number of carbonyl (C=O) groups is 1. The Morgan fingerprint density at radius 2 is 1.81 bits per heavy atom. The third-order valence-electron chi connectivity index (χ3n) is 6.28. The second-order valence-corrected chi connectivity index (χ2v) is 9.12. The maximum absolute atomic E-state index is 13.3. The number of nitrogens with zero attached hydrogens (tertiary/aromatic N) is 2. The van der Waals surface area contributed by atoms with E-state index in [4.69, 9.17) is 0 Å². The van der Waals surface area contributed by atoms with Crippen LogP contribution in [-0.2, 0) is 13.6 Å². The van der Waals surface area contributed by atoms with Gasteiger partial charge in [0.2, 0.25) is 0 Å². The fraction of sp³-hybridized carbons (Fsp3) is 0.240. The first-order chi connectivity index (χ1) is 15.1. The van der Waals surface area contributed by atoms with Gasteiger partial charge in [-0.05, 0) is 29.1 Å². The van der Waals surface area contributed by atoms with E-state index in [-0.39, 0.29) is 17.9 Å². The van der Waals surface area contributed by atoms with Crippen LogP contribution in [0.5, 0.6) is 0 Å². The number of benzene rings is 2. The van der Waals surface area contributed by atoms with Gasteiger partial charge in [0.15, 0.2) is 0 Å². The Bertz CT molecular complexity index is 1230. The maximum atomic E-state index is 13.3. The van der Waals surface area contributed by atoms with Gasteiger partial charge in [-0.3, -0.25) is 10.1 Å². The Morgan fingerprint density at radius 3 is 2.61 bits per heavy atom. The highest BCUT2D eigenvalue weighted by Gasteiger charge is 2.43. The van der Waals surface area contributed by atoms with Crippen molar-refractivity contribution in [2.75, 3.05) is 7.05 Å². The lowest BCUT2D eigenvalue weighted by atomic mass is 9.79. The molecule has 0 saturated heterocycles. The Hall–Kier alpha value is -2.93. The number of aryl methyl sites for hydroxylation is 1. The van der Waals surface area contributed by atoms with Gasteiger partial charge in [-0.15, -0.1) is 11.3 Å². The van der Waals surface area contributed by atoms with Crippen LogP contribution in [0, 0.1) is 0 Å². The number of aliphatic hydroxyl groups excluding tert-OH is 1. The molecule has 2 N–H and O–H groups in total. The number of aliphatic hydroxyl groups is 1. The van der Waals surface area contributed by atoms with Crippen molar-refractivity contribution < 1.29 is 9.90 Å². The monoisotopic (exact) mass is 431 g/mol. The highest BCUT2D eigenvalue weighted by molar-refractivity contribution is 7.09. The number of fused-ring (bicyclic) bond motifs is 2. The summed E-state index contributed by atoms with van der Waals surface area (Å²) in [5, 5.41) is 17.8. The molecule has 3 heterocycles. The fourth-order valence-electron chi connectivity index (χ4n) is 4.81. The minimum atomic E-state index is -0.817. The number of amides is 1. The Labute approximate surface area is 185 Å². The Balaban J connectivity index is 1.62. The summed E-state index contributed by atoms with van der Waals surface area (Å²) >= 11 is 1.66. The van der Waals surface area contributed by atoms with E-state index >= 15 is 0 Å². The summed E-state index contributed by atoms with van der Waals surface area (Å²) in [6, 6.07) is 19.6. The highest BCUT2D eigenvalue weighted by Crippen LogP contribution is 2.45. The molecular weight excluding hydrogens is 406 g/mol. The van der Waals surface area contributed by atoms with Crippen LogP contribution in [-0.4, -0.2) is 33.8 Å². The van der Waals surface area contributed by atoms with E-state index in [2.05, 4.69) is 34.3 Å². The van der Waals surface area contributed by atoms with Crippen LogP contribution in [0.25, 0.3) is 10.9 Å². The zero-order chi connectivity index (χ0) is 21.5. The van der Waals surface area contributed by atoms with Crippen molar-refractivity contribution in [3.63, 3.8) is 0 Å². The fourth-order valence-corrected chi connectivity index (χ4v) is 5.46. The van der Waals surface area contributed by atoms with Gasteiger partial charge in [-0.2, -0.15) is 0 Å². The molecule has 6 heteroatoms. The summed E-state index contributed by atoms with van der Waals surface area (Å²) in [5.74, 6) is -0.320. The van der Waals surface area contributed by atoms with Crippen molar-refractivity contribution in [2.45, 2.75) is 24.7 Å². The third-order valence-corrected chi connectivity index (χ3v) is 7.16. The number of carbonyl (C=O) groups excluding carboxylic acids is 1. The summed E-state index contributed by atoms with van der Waals surface area (Å²) in [6.07, 6.45) is 1.27. The first-order valence-corrected chi connectivity index (χ1v) is 11.3. The summed E-state index contributed by atoms with van der Waals surface area (Å²) in [6.45, 7) is 0.581. The van der Waals surface area contributed by atoms with Gasteiger partial charge in [0.1, 0.15) is 6.23 Å². The van der Waals surface area contributed by atoms with Crippen molar-refractivity contribution in [3.8, 4) is 0 Å². The van der Waals surface area contributed by atoms with Gasteiger partial charge in [0.25, 0.3) is 5.91 Å². The van der Waals surface area contributed by atoms with Gasteiger partial charge < -0.3 is 14.6 Å². The van der Waals surface area contributed by atoms with Crippen LogP contribution < -0.4 is 5.32 Å². The van der Waals surface area contributed by atoms with Crippen LogP contribution in [0.3, 0.4) is 0 Å². The molecule has 3 unspecified atom stereocenters. The molecule has 2 aromatic heterocycles. The quantitative estimate of drug-likeness (QED) is 0.464. The molecule has 5 rings (SSSR count). The number of hydrogen-bond donors (Lipinski definition) is 2. The van der Waals surface area contributed by atoms with E-state index in [1.165, 1.54) is 0 Å².